The molecule has 6 rings (SSSR count). The zero-order chi connectivity index (χ0) is 26.6. The number of rotatable bonds is 3. The molecule has 0 spiro atoms. The minimum absolute atomic E-state index is 0.261. The Hall–Kier alpha value is -3.82. The number of hydrogen-bond donors (Lipinski definition) is 2. The molecule has 6 aromatic rings. The van der Waals surface area contributed by atoms with Gasteiger partial charge in [0.1, 0.15) is 0 Å². The lowest BCUT2D eigenvalue weighted by Crippen LogP contribution is -2.20. The van der Waals surface area contributed by atoms with Crippen molar-refractivity contribution in [1.82, 2.24) is 19.1 Å². The second-order valence-corrected chi connectivity index (χ2v) is 10.3. The molecule has 0 bridgehead atoms. The predicted octanol–water partition coefficient (Wildman–Crippen LogP) is 7.38. The molecular formula is C28H16Cl2N4O2S2. The van der Waals surface area contributed by atoms with E-state index >= 15 is 0 Å². The lowest BCUT2D eigenvalue weighted by Gasteiger charge is -2.11. The maximum absolute atomic E-state index is 13.5. The molecule has 0 atom stereocenters. The van der Waals surface area contributed by atoms with Crippen molar-refractivity contribution in [2.24, 2.45) is 0 Å². The standard InChI is InChI=1S/C28H16Cl2N4O2S2/c29-17-3-7-19(8-4-17)33-25(35)21-13-15(1-11-23(21)31-27(33)37)16-2-12-24-22(14-16)26(36)34(28(38)32-24)20-9-5-18(30)6-10-20/h1-14H,(H,31,37)(H,32,38). The van der Waals surface area contributed by atoms with E-state index in [-0.39, 0.29) is 20.7 Å². The summed E-state index contributed by atoms with van der Waals surface area (Å²) >= 11 is 23.0. The van der Waals surface area contributed by atoms with Gasteiger partial charge in [-0.3, -0.25) is 18.7 Å². The van der Waals surface area contributed by atoms with Gasteiger partial charge in [0.25, 0.3) is 11.1 Å². The molecule has 4 aromatic carbocycles. The van der Waals surface area contributed by atoms with Gasteiger partial charge in [0.05, 0.1) is 33.2 Å². The number of nitrogens with one attached hydrogen (secondary N) is 2. The number of benzene rings is 4. The molecule has 0 aliphatic heterocycles. The van der Waals surface area contributed by atoms with Gasteiger partial charge in [-0.2, -0.15) is 0 Å². The van der Waals surface area contributed by atoms with Gasteiger partial charge in [0.2, 0.25) is 0 Å². The zero-order valence-corrected chi connectivity index (χ0v) is 22.5. The number of fused-ring (bicyclic) bond motifs is 2. The first-order chi connectivity index (χ1) is 18.3. The Labute approximate surface area is 235 Å². The summed E-state index contributed by atoms with van der Waals surface area (Å²) in [6.45, 7) is 0. The van der Waals surface area contributed by atoms with E-state index in [9.17, 15) is 9.59 Å². The lowest BCUT2D eigenvalue weighted by atomic mass is 10.0. The number of nitrogens with zero attached hydrogens (tertiary/aromatic N) is 2. The topological polar surface area (TPSA) is 75.6 Å². The van der Waals surface area contributed by atoms with Crippen LogP contribution in [0.4, 0.5) is 0 Å². The highest BCUT2D eigenvalue weighted by atomic mass is 35.5. The van der Waals surface area contributed by atoms with Gasteiger partial charge >= 0.3 is 0 Å². The Kier molecular flexibility index (Phi) is 6.12. The highest BCUT2D eigenvalue weighted by Crippen LogP contribution is 2.25. The highest BCUT2D eigenvalue weighted by molar-refractivity contribution is 7.71. The van der Waals surface area contributed by atoms with Gasteiger partial charge in [-0.05, 0) is 108 Å². The number of hydrogen-bond acceptors (Lipinski definition) is 4. The molecule has 0 amide bonds. The SMILES string of the molecule is O=c1c2cc(-c3ccc4[nH]c(=S)n(-c5ccc(Cl)cc5)c(=O)c4c3)ccc2[nH]c(=S)n1-c1ccc(Cl)cc1. The van der Waals surface area contributed by atoms with Gasteiger partial charge in [-0.1, -0.05) is 35.3 Å². The van der Waals surface area contributed by atoms with Crippen LogP contribution in [0.1, 0.15) is 0 Å². The first kappa shape index (κ1) is 24.5. The summed E-state index contributed by atoms with van der Waals surface area (Å²) in [5.74, 6) is 0. The Morgan fingerprint density at radius 2 is 0.921 bits per heavy atom. The Bertz CT molecular complexity index is 1970. The van der Waals surface area contributed by atoms with Gasteiger partial charge in [-0.25, -0.2) is 0 Å². The van der Waals surface area contributed by atoms with Crippen molar-refractivity contribution < 1.29 is 0 Å². The van der Waals surface area contributed by atoms with Crippen LogP contribution in [0.2, 0.25) is 10.0 Å². The average molecular weight is 576 g/mol. The quantitative estimate of drug-likeness (QED) is 0.216. The molecule has 0 unspecified atom stereocenters. The molecule has 2 heterocycles. The normalized spacial score (nSPS) is 11.3. The third-order valence-corrected chi connectivity index (χ3v) is 7.37. The Balaban J connectivity index is 1.53. The van der Waals surface area contributed by atoms with E-state index in [1.54, 1.807) is 60.7 Å². The van der Waals surface area contributed by atoms with E-state index < -0.39 is 0 Å². The molecule has 0 fully saturated rings. The summed E-state index contributed by atoms with van der Waals surface area (Å²) < 4.78 is 3.43. The maximum atomic E-state index is 13.5. The van der Waals surface area contributed by atoms with Gasteiger partial charge in [-0.15, -0.1) is 0 Å². The van der Waals surface area contributed by atoms with Crippen molar-refractivity contribution in [1.29, 1.82) is 0 Å². The molecule has 0 saturated carbocycles. The van der Waals surface area contributed by atoms with Gasteiger partial charge < -0.3 is 9.97 Å². The van der Waals surface area contributed by atoms with Crippen molar-refractivity contribution in [3.63, 3.8) is 0 Å². The van der Waals surface area contributed by atoms with E-state index in [0.717, 1.165) is 11.1 Å². The third-order valence-electron chi connectivity index (χ3n) is 6.30. The molecule has 0 aliphatic rings. The number of aromatic nitrogens is 4. The molecule has 2 aromatic heterocycles. The monoisotopic (exact) mass is 574 g/mol. The minimum atomic E-state index is -0.261. The van der Waals surface area contributed by atoms with Crippen molar-refractivity contribution in [2.45, 2.75) is 0 Å². The van der Waals surface area contributed by atoms with Crippen molar-refractivity contribution >= 4 is 69.4 Å². The fraction of sp³-hybridized carbons (Fsp3) is 0. The number of halogens is 2. The Morgan fingerprint density at radius 1 is 0.553 bits per heavy atom. The second-order valence-electron chi connectivity index (χ2n) is 8.61. The van der Waals surface area contributed by atoms with E-state index in [4.69, 9.17) is 47.6 Å². The molecule has 6 nitrogen and oxygen atoms in total. The summed E-state index contributed by atoms with van der Waals surface area (Å²) in [7, 11) is 0. The average Bonchev–Trinajstić information content (AvgIpc) is 2.90. The Morgan fingerprint density at radius 3 is 1.29 bits per heavy atom. The van der Waals surface area contributed by atoms with Gasteiger partial charge in [0.15, 0.2) is 9.54 Å². The molecular weight excluding hydrogens is 559 g/mol. The summed E-state index contributed by atoms with van der Waals surface area (Å²) in [5, 5.41) is 2.03. The summed E-state index contributed by atoms with van der Waals surface area (Å²) in [5.41, 5.74) is 3.46. The summed E-state index contributed by atoms with van der Waals surface area (Å²) in [6.07, 6.45) is 0. The van der Waals surface area contributed by atoms with Crippen molar-refractivity contribution in [2.75, 3.05) is 0 Å². The fourth-order valence-corrected chi connectivity index (χ4v) is 5.28. The smallest absolute Gasteiger partial charge is 0.266 e. The molecule has 2 N–H and O–H groups in total. The van der Waals surface area contributed by atoms with Crippen LogP contribution in [0.25, 0.3) is 44.3 Å². The molecule has 38 heavy (non-hydrogen) atoms. The second kappa shape index (κ2) is 9.49. The predicted molar refractivity (Wildman–Crippen MR) is 158 cm³/mol. The molecule has 186 valence electrons. The van der Waals surface area contributed by atoms with Crippen LogP contribution in [0.5, 0.6) is 0 Å². The fourth-order valence-electron chi connectivity index (χ4n) is 4.44. The van der Waals surface area contributed by atoms with Crippen LogP contribution < -0.4 is 11.1 Å². The van der Waals surface area contributed by atoms with E-state index in [2.05, 4.69) is 9.97 Å². The largest absolute Gasteiger partial charge is 0.331 e. The van der Waals surface area contributed by atoms with Crippen molar-refractivity contribution in [3.05, 3.63) is 125 Å². The zero-order valence-electron chi connectivity index (χ0n) is 19.4. The van der Waals surface area contributed by atoms with Crippen LogP contribution in [0, 0.1) is 9.54 Å². The summed E-state index contributed by atoms with van der Waals surface area (Å²) in [4.78, 5) is 33.3. The van der Waals surface area contributed by atoms with Crippen LogP contribution in [0.3, 0.4) is 0 Å². The maximum Gasteiger partial charge on any atom is 0.266 e. The highest BCUT2D eigenvalue weighted by Gasteiger charge is 2.12. The van der Waals surface area contributed by atoms with Crippen molar-refractivity contribution in [3.8, 4) is 22.5 Å². The van der Waals surface area contributed by atoms with Gasteiger partial charge in [0, 0.05) is 10.0 Å². The lowest BCUT2D eigenvalue weighted by molar-refractivity contribution is 0.940. The molecule has 10 heteroatoms. The molecule has 0 aliphatic carbocycles. The number of aromatic amines is 2. The number of H-pyrrole nitrogens is 2. The van der Waals surface area contributed by atoms with Crippen LogP contribution >= 0.6 is 47.6 Å². The van der Waals surface area contributed by atoms with Crippen LogP contribution in [0.15, 0.2) is 94.5 Å². The van der Waals surface area contributed by atoms with E-state index in [0.29, 0.717) is 43.2 Å². The summed E-state index contributed by atoms with van der Waals surface area (Å²) in [6, 6.07) is 24.7. The minimum Gasteiger partial charge on any atom is -0.331 e. The van der Waals surface area contributed by atoms with Crippen LogP contribution in [-0.4, -0.2) is 19.1 Å². The van der Waals surface area contributed by atoms with Crippen LogP contribution in [-0.2, 0) is 0 Å². The molecule has 0 radical (unpaired) electrons. The molecule has 0 saturated heterocycles. The first-order valence-electron chi connectivity index (χ1n) is 11.4. The van der Waals surface area contributed by atoms with E-state index in [1.165, 1.54) is 9.13 Å². The third kappa shape index (κ3) is 4.21. The van der Waals surface area contributed by atoms with E-state index in [1.807, 2.05) is 24.3 Å². The first-order valence-corrected chi connectivity index (χ1v) is 13.0.